The molecule has 0 aliphatic rings. The van der Waals surface area contributed by atoms with Gasteiger partial charge >= 0.3 is 24.7 Å². The third kappa shape index (κ3) is 6.12. The maximum absolute atomic E-state index is 13.5. The molecule has 0 fully saturated rings. The van der Waals surface area contributed by atoms with E-state index in [2.05, 4.69) is 4.98 Å². The molecule has 19 heteroatoms. The number of benzene rings is 2. The number of nitrogens with two attached hydrogens (primary N) is 1. The molecule has 1 aromatic heterocycles. The van der Waals surface area contributed by atoms with Crippen LogP contribution in [0.5, 0.6) is 0 Å². The zero-order valence-corrected chi connectivity index (χ0v) is 18.9. The van der Waals surface area contributed by atoms with Crippen molar-refractivity contribution in [2.24, 2.45) is 0 Å². The molecule has 3 aromatic rings. The van der Waals surface area contributed by atoms with Gasteiger partial charge in [0.2, 0.25) is 0 Å². The fourth-order valence-electron chi connectivity index (χ4n) is 3.48. The molecule has 2 aromatic carbocycles. The van der Waals surface area contributed by atoms with Gasteiger partial charge in [-0.15, -0.1) is 0 Å². The first kappa shape index (κ1) is 30.2. The Labute approximate surface area is 212 Å². The number of halogens is 12. The lowest BCUT2D eigenvalue weighted by molar-refractivity contribution is -0.384. The molecular weight excluding hydrogens is 584 g/mol. The van der Waals surface area contributed by atoms with Gasteiger partial charge in [0.05, 0.1) is 33.7 Å². The Balaban J connectivity index is 2.41. The summed E-state index contributed by atoms with van der Waals surface area (Å²) in [7, 11) is 0. The van der Waals surface area contributed by atoms with E-state index in [1.165, 1.54) is 0 Å². The highest BCUT2D eigenvalue weighted by Gasteiger charge is 2.40. The van der Waals surface area contributed by atoms with Crippen molar-refractivity contribution in [2.75, 3.05) is 5.73 Å². The fourth-order valence-corrected chi connectivity index (χ4v) is 3.48. The first-order valence-corrected chi connectivity index (χ1v) is 10.1. The standard InChI is InChI=1S/C21H10F12N4O3/c22-18(23,24)9-1-2-12(13(6-9)37(39)40)16-35-15(21(31,32)33)14(34)17(38)36(16)7-8-3-10(19(25,26)27)5-11(4-8)20(28,29)30/h1-6H,7,34H2. The van der Waals surface area contributed by atoms with E-state index in [-0.39, 0.29) is 41.0 Å². The average molecular weight is 594 g/mol. The predicted octanol–water partition coefficient (Wildman–Crippen LogP) is 6.52. The monoisotopic (exact) mass is 594 g/mol. The Bertz CT molecular complexity index is 1500. The lowest BCUT2D eigenvalue weighted by Gasteiger charge is -2.19. The van der Waals surface area contributed by atoms with Gasteiger partial charge in [0.25, 0.3) is 11.2 Å². The molecule has 3 rings (SSSR count). The molecule has 0 saturated carbocycles. The SMILES string of the molecule is Nc1c(C(F)(F)F)nc(-c2ccc(C(F)(F)F)cc2[N+](=O)[O-])n(Cc2cc(C(F)(F)F)cc(C(F)(F)F)c2)c1=O. The number of nitrogen functional groups attached to an aromatic ring is 1. The van der Waals surface area contributed by atoms with E-state index in [1.807, 2.05) is 0 Å². The summed E-state index contributed by atoms with van der Waals surface area (Å²) in [5, 5.41) is 11.5. The van der Waals surface area contributed by atoms with Gasteiger partial charge in [-0.1, -0.05) is 0 Å². The summed E-state index contributed by atoms with van der Waals surface area (Å²) >= 11 is 0. The zero-order chi connectivity index (χ0) is 30.6. The summed E-state index contributed by atoms with van der Waals surface area (Å²) < 4.78 is 159. The number of alkyl halides is 12. The molecule has 2 N–H and O–H groups in total. The van der Waals surface area contributed by atoms with Crippen molar-refractivity contribution < 1.29 is 57.6 Å². The number of nitro groups is 1. The third-order valence-corrected chi connectivity index (χ3v) is 5.22. The van der Waals surface area contributed by atoms with Crippen molar-refractivity contribution in [3.05, 3.63) is 84.8 Å². The summed E-state index contributed by atoms with van der Waals surface area (Å²) in [6.45, 7) is -1.41. The molecule has 0 atom stereocenters. The molecule has 0 amide bonds. The van der Waals surface area contributed by atoms with Gasteiger partial charge in [-0.05, 0) is 35.9 Å². The Morgan fingerprint density at radius 3 is 1.70 bits per heavy atom. The molecule has 0 bridgehead atoms. The lowest BCUT2D eigenvalue weighted by Crippen LogP contribution is -2.31. The van der Waals surface area contributed by atoms with Gasteiger partial charge in [-0.3, -0.25) is 19.5 Å². The van der Waals surface area contributed by atoms with Crippen molar-refractivity contribution in [1.29, 1.82) is 0 Å². The minimum atomic E-state index is -5.52. The summed E-state index contributed by atoms with van der Waals surface area (Å²) in [6.07, 6.45) is -21.4. The van der Waals surface area contributed by atoms with Crippen LogP contribution in [-0.4, -0.2) is 14.5 Å². The van der Waals surface area contributed by atoms with Crippen molar-refractivity contribution in [1.82, 2.24) is 9.55 Å². The average Bonchev–Trinajstić information content (AvgIpc) is 2.79. The molecule has 0 aliphatic heterocycles. The van der Waals surface area contributed by atoms with Gasteiger partial charge in [0.15, 0.2) is 11.5 Å². The minimum Gasteiger partial charge on any atom is -0.392 e. The second-order valence-electron chi connectivity index (χ2n) is 7.99. The van der Waals surface area contributed by atoms with Crippen LogP contribution in [0.3, 0.4) is 0 Å². The van der Waals surface area contributed by atoms with Crippen LogP contribution in [0.4, 0.5) is 64.1 Å². The second-order valence-corrected chi connectivity index (χ2v) is 7.99. The van der Waals surface area contributed by atoms with Crippen LogP contribution < -0.4 is 11.3 Å². The van der Waals surface area contributed by atoms with Crippen LogP contribution >= 0.6 is 0 Å². The number of hydrogen-bond acceptors (Lipinski definition) is 5. The van der Waals surface area contributed by atoms with E-state index in [0.717, 1.165) is 0 Å². The van der Waals surface area contributed by atoms with E-state index in [9.17, 15) is 67.6 Å². The summed E-state index contributed by atoms with van der Waals surface area (Å²) in [6, 6.07) is 0.271. The summed E-state index contributed by atoms with van der Waals surface area (Å²) in [4.78, 5) is 25.9. The maximum Gasteiger partial charge on any atom is 0.435 e. The largest absolute Gasteiger partial charge is 0.435 e. The highest BCUT2D eigenvalue weighted by Crippen LogP contribution is 2.40. The van der Waals surface area contributed by atoms with E-state index in [0.29, 0.717) is 0 Å². The maximum atomic E-state index is 13.5. The summed E-state index contributed by atoms with van der Waals surface area (Å²) in [5.41, 5.74) is -9.62. The summed E-state index contributed by atoms with van der Waals surface area (Å²) in [5.74, 6) is -1.40. The van der Waals surface area contributed by atoms with E-state index < -0.39 is 92.4 Å². The molecule has 0 unspecified atom stereocenters. The van der Waals surface area contributed by atoms with Crippen molar-refractivity contribution in [3.63, 3.8) is 0 Å². The number of hydrogen-bond donors (Lipinski definition) is 1. The van der Waals surface area contributed by atoms with Gasteiger partial charge < -0.3 is 5.73 Å². The zero-order valence-electron chi connectivity index (χ0n) is 18.9. The first-order valence-electron chi connectivity index (χ1n) is 10.1. The molecular formula is C21H10F12N4O3. The van der Waals surface area contributed by atoms with E-state index in [4.69, 9.17) is 5.73 Å². The number of nitrogens with zero attached hydrogens (tertiary/aromatic N) is 3. The van der Waals surface area contributed by atoms with Crippen LogP contribution in [0.25, 0.3) is 11.4 Å². The molecule has 0 saturated heterocycles. The van der Waals surface area contributed by atoms with Crippen molar-refractivity contribution in [3.8, 4) is 11.4 Å². The molecule has 0 aliphatic carbocycles. The molecule has 40 heavy (non-hydrogen) atoms. The topological polar surface area (TPSA) is 104 Å². The van der Waals surface area contributed by atoms with Gasteiger partial charge in [0, 0.05) is 6.07 Å². The van der Waals surface area contributed by atoms with Crippen LogP contribution in [0.1, 0.15) is 27.9 Å². The normalized spacial score (nSPS) is 13.0. The Morgan fingerprint density at radius 1 is 0.775 bits per heavy atom. The Kier molecular flexibility index (Phi) is 7.33. The fraction of sp³-hybridized carbons (Fsp3) is 0.238. The van der Waals surface area contributed by atoms with E-state index in [1.54, 1.807) is 0 Å². The highest BCUT2D eigenvalue weighted by molar-refractivity contribution is 5.70. The van der Waals surface area contributed by atoms with Crippen LogP contribution in [0.15, 0.2) is 41.2 Å². The molecule has 7 nitrogen and oxygen atoms in total. The smallest absolute Gasteiger partial charge is 0.392 e. The Morgan fingerprint density at radius 2 is 1.27 bits per heavy atom. The number of nitro benzene ring substituents is 1. The third-order valence-electron chi connectivity index (χ3n) is 5.22. The van der Waals surface area contributed by atoms with Crippen molar-refractivity contribution >= 4 is 11.4 Å². The van der Waals surface area contributed by atoms with E-state index >= 15 is 0 Å². The second kappa shape index (κ2) is 9.70. The quantitative estimate of drug-likeness (QED) is 0.210. The van der Waals surface area contributed by atoms with Gasteiger partial charge in [-0.2, -0.15) is 52.7 Å². The molecule has 1 heterocycles. The predicted molar refractivity (Wildman–Crippen MR) is 111 cm³/mol. The van der Waals surface area contributed by atoms with Crippen LogP contribution in [-0.2, 0) is 31.2 Å². The van der Waals surface area contributed by atoms with Gasteiger partial charge in [-0.25, -0.2) is 4.98 Å². The number of aromatic nitrogens is 2. The minimum absolute atomic E-state index is 0.0180. The van der Waals surface area contributed by atoms with Crippen LogP contribution in [0, 0.1) is 10.1 Å². The van der Waals surface area contributed by atoms with Crippen molar-refractivity contribution in [2.45, 2.75) is 31.2 Å². The highest BCUT2D eigenvalue weighted by atomic mass is 19.4. The first-order chi connectivity index (χ1) is 18.0. The van der Waals surface area contributed by atoms with Gasteiger partial charge in [0.1, 0.15) is 5.69 Å². The molecule has 0 radical (unpaired) electrons. The lowest BCUT2D eigenvalue weighted by atomic mass is 10.0. The molecule has 216 valence electrons. The van der Waals surface area contributed by atoms with Crippen LogP contribution in [0.2, 0.25) is 0 Å². The molecule has 0 spiro atoms. The Hall–Kier alpha value is -4.32. The number of rotatable bonds is 4. The number of anilines is 1.